The summed E-state index contributed by atoms with van der Waals surface area (Å²) in [7, 11) is -1.66. The molecule has 0 aromatic heterocycles. The SMILES string of the molecule is CCCC(C)N(C)S(=O)(=O)Cc1ccc(C(N)=S)cc1. The first-order valence-corrected chi connectivity index (χ1v) is 8.64. The molecule has 0 amide bonds. The molecule has 0 saturated carbocycles. The Bertz CT molecular complexity index is 553. The van der Waals surface area contributed by atoms with Crippen LogP contribution in [0.15, 0.2) is 24.3 Å². The zero-order chi connectivity index (χ0) is 15.3. The summed E-state index contributed by atoms with van der Waals surface area (Å²) in [5.41, 5.74) is 7.00. The number of sulfonamides is 1. The van der Waals surface area contributed by atoms with Crippen molar-refractivity contribution in [1.29, 1.82) is 0 Å². The van der Waals surface area contributed by atoms with Gasteiger partial charge < -0.3 is 5.73 Å². The van der Waals surface area contributed by atoms with Crippen molar-refractivity contribution < 1.29 is 8.42 Å². The van der Waals surface area contributed by atoms with Gasteiger partial charge in [-0.05, 0) is 18.9 Å². The van der Waals surface area contributed by atoms with Crippen LogP contribution < -0.4 is 5.73 Å². The topological polar surface area (TPSA) is 63.4 Å². The first-order valence-electron chi connectivity index (χ1n) is 6.62. The predicted octanol–water partition coefficient (Wildman–Crippen LogP) is 2.27. The smallest absolute Gasteiger partial charge is 0.218 e. The summed E-state index contributed by atoms with van der Waals surface area (Å²) in [5, 5.41) is 0. The molecule has 0 aliphatic carbocycles. The van der Waals surface area contributed by atoms with Crippen LogP contribution in [-0.2, 0) is 15.8 Å². The Morgan fingerprint density at radius 2 is 1.90 bits per heavy atom. The van der Waals surface area contributed by atoms with Crippen LogP contribution in [0.4, 0.5) is 0 Å². The Hall–Kier alpha value is -0.980. The van der Waals surface area contributed by atoms with Crippen molar-refractivity contribution in [1.82, 2.24) is 4.31 Å². The first kappa shape index (κ1) is 17.1. The molecule has 2 N–H and O–H groups in total. The highest BCUT2D eigenvalue weighted by atomic mass is 32.2. The van der Waals surface area contributed by atoms with Crippen molar-refractivity contribution in [2.45, 2.75) is 38.5 Å². The van der Waals surface area contributed by atoms with Crippen LogP contribution in [-0.4, -0.2) is 30.8 Å². The highest BCUT2D eigenvalue weighted by molar-refractivity contribution is 7.88. The molecule has 0 fully saturated rings. The predicted molar refractivity (Wildman–Crippen MR) is 87.1 cm³/mol. The standard InChI is InChI=1S/C14H22N2O2S2/c1-4-5-11(2)16(3)20(17,18)10-12-6-8-13(9-7-12)14(15)19/h6-9,11H,4-5,10H2,1-3H3,(H2,15,19). The molecule has 1 aromatic carbocycles. The highest BCUT2D eigenvalue weighted by Crippen LogP contribution is 2.15. The van der Waals surface area contributed by atoms with Gasteiger partial charge in [0.1, 0.15) is 4.99 Å². The van der Waals surface area contributed by atoms with Gasteiger partial charge in [0.25, 0.3) is 0 Å². The molecule has 0 aliphatic rings. The highest BCUT2D eigenvalue weighted by Gasteiger charge is 2.22. The molecule has 0 bridgehead atoms. The van der Waals surface area contributed by atoms with Crippen LogP contribution in [0.3, 0.4) is 0 Å². The van der Waals surface area contributed by atoms with E-state index in [0.29, 0.717) is 4.99 Å². The van der Waals surface area contributed by atoms with Gasteiger partial charge >= 0.3 is 0 Å². The maximum Gasteiger partial charge on any atom is 0.218 e. The molecule has 20 heavy (non-hydrogen) atoms. The Labute approximate surface area is 127 Å². The van der Waals surface area contributed by atoms with E-state index in [4.69, 9.17) is 18.0 Å². The van der Waals surface area contributed by atoms with Crippen molar-refractivity contribution in [2.75, 3.05) is 7.05 Å². The van der Waals surface area contributed by atoms with Gasteiger partial charge in [-0.15, -0.1) is 0 Å². The van der Waals surface area contributed by atoms with E-state index in [9.17, 15) is 8.42 Å². The third-order valence-electron chi connectivity index (χ3n) is 3.35. The van der Waals surface area contributed by atoms with Gasteiger partial charge in [0, 0.05) is 18.7 Å². The van der Waals surface area contributed by atoms with E-state index in [1.165, 1.54) is 4.31 Å². The third-order valence-corrected chi connectivity index (χ3v) is 5.52. The zero-order valence-electron chi connectivity index (χ0n) is 12.2. The fourth-order valence-corrected chi connectivity index (χ4v) is 3.56. The normalized spacial score (nSPS) is 13.4. The van der Waals surface area contributed by atoms with E-state index in [2.05, 4.69) is 0 Å². The van der Waals surface area contributed by atoms with Gasteiger partial charge in [-0.3, -0.25) is 0 Å². The summed E-state index contributed by atoms with van der Waals surface area (Å²) in [6.45, 7) is 3.97. The van der Waals surface area contributed by atoms with Crippen LogP contribution >= 0.6 is 12.2 Å². The molecule has 4 nitrogen and oxygen atoms in total. The van der Waals surface area contributed by atoms with Gasteiger partial charge in [0.05, 0.1) is 5.75 Å². The fourth-order valence-electron chi connectivity index (χ4n) is 1.95. The number of nitrogens with two attached hydrogens (primary N) is 1. The Morgan fingerprint density at radius 1 is 1.35 bits per heavy atom. The lowest BCUT2D eigenvalue weighted by molar-refractivity contribution is 0.368. The van der Waals surface area contributed by atoms with Gasteiger partial charge in [-0.2, -0.15) is 0 Å². The third kappa shape index (κ3) is 4.54. The lowest BCUT2D eigenvalue weighted by Crippen LogP contribution is -2.35. The van der Waals surface area contributed by atoms with E-state index in [-0.39, 0.29) is 11.8 Å². The van der Waals surface area contributed by atoms with E-state index < -0.39 is 10.0 Å². The van der Waals surface area contributed by atoms with Crippen molar-refractivity contribution in [3.8, 4) is 0 Å². The average Bonchev–Trinajstić information content (AvgIpc) is 2.38. The molecule has 0 saturated heterocycles. The minimum absolute atomic E-state index is 0.00479. The lowest BCUT2D eigenvalue weighted by Gasteiger charge is -2.24. The van der Waals surface area contributed by atoms with Gasteiger partial charge in [0.2, 0.25) is 10.0 Å². The Balaban J connectivity index is 2.82. The van der Waals surface area contributed by atoms with E-state index in [0.717, 1.165) is 24.0 Å². The van der Waals surface area contributed by atoms with Crippen molar-refractivity contribution >= 4 is 27.2 Å². The Kier molecular flexibility index (Phi) is 6.10. The molecule has 112 valence electrons. The van der Waals surface area contributed by atoms with Crippen LogP contribution in [0.25, 0.3) is 0 Å². The van der Waals surface area contributed by atoms with Gasteiger partial charge in [-0.25, -0.2) is 12.7 Å². The van der Waals surface area contributed by atoms with Crippen molar-refractivity contribution in [2.24, 2.45) is 5.73 Å². The second-order valence-corrected chi connectivity index (χ2v) is 7.44. The molecule has 1 aromatic rings. The van der Waals surface area contributed by atoms with E-state index in [1.807, 2.05) is 13.8 Å². The summed E-state index contributed by atoms with van der Waals surface area (Å²) in [4.78, 5) is 0.313. The summed E-state index contributed by atoms with van der Waals surface area (Å²) in [6.07, 6.45) is 1.82. The summed E-state index contributed by atoms with van der Waals surface area (Å²) < 4.78 is 26.1. The molecule has 1 unspecified atom stereocenters. The number of thiocarbonyl (C=S) groups is 1. The molecule has 0 spiro atoms. The minimum Gasteiger partial charge on any atom is -0.389 e. The molecule has 6 heteroatoms. The second kappa shape index (κ2) is 7.15. The maximum atomic E-state index is 12.3. The first-order chi connectivity index (χ1) is 9.27. The summed E-state index contributed by atoms with van der Waals surface area (Å²) in [6, 6.07) is 7.03. The molecule has 0 aliphatic heterocycles. The van der Waals surface area contributed by atoms with E-state index in [1.54, 1.807) is 31.3 Å². The average molecular weight is 314 g/mol. The maximum absolute atomic E-state index is 12.3. The second-order valence-electron chi connectivity index (χ2n) is 4.97. The lowest BCUT2D eigenvalue weighted by atomic mass is 10.1. The van der Waals surface area contributed by atoms with Crippen LogP contribution in [0.2, 0.25) is 0 Å². The number of benzene rings is 1. The molecule has 0 radical (unpaired) electrons. The zero-order valence-corrected chi connectivity index (χ0v) is 13.8. The molecular formula is C14H22N2O2S2. The van der Waals surface area contributed by atoms with Crippen LogP contribution in [0, 0.1) is 0 Å². The van der Waals surface area contributed by atoms with Gasteiger partial charge in [-0.1, -0.05) is 49.8 Å². The Morgan fingerprint density at radius 3 is 2.35 bits per heavy atom. The summed E-state index contributed by atoms with van der Waals surface area (Å²) >= 11 is 4.87. The number of rotatable bonds is 7. The molecular weight excluding hydrogens is 292 g/mol. The quantitative estimate of drug-likeness (QED) is 0.784. The van der Waals surface area contributed by atoms with E-state index >= 15 is 0 Å². The number of nitrogens with zero attached hydrogens (tertiary/aromatic N) is 1. The number of hydrogen-bond donors (Lipinski definition) is 1. The summed E-state index contributed by atoms with van der Waals surface area (Å²) in [5.74, 6) is -0.00479. The largest absolute Gasteiger partial charge is 0.389 e. The fraction of sp³-hybridized carbons (Fsp3) is 0.500. The van der Waals surface area contributed by atoms with Crippen LogP contribution in [0.5, 0.6) is 0 Å². The molecule has 1 rings (SSSR count). The molecule has 0 heterocycles. The van der Waals surface area contributed by atoms with Crippen molar-refractivity contribution in [3.63, 3.8) is 0 Å². The van der Waals surface area contributed by atoms with Crippen molar-refractivity contribution in [3.05, 3.63) is 35.4 Å². The van der Waals surface area contributed by atoms with Crippen LogP contribution in [0.1, 0.15) is 37.8 Å². The monoisotopic (exact) mass is 314 g/mol. The minimum atomic E-state index is -3.30. The van der Waals surface area contributed by atoms with Gasteiger partial charge in [0.15, 0.2) is 0 Å². The molecule has 1 atom stereocenters. The number of hydrogen-bond acceptors (Lipinski definition) is 3.